The van der Waals surface area contributed by atoms with Gasteiger partial charge < -0.3 is 80.2 Å². The number of likely N-dealkylation sites (N-methyl/N-ethyl adjacent to an activating group) is 4. The van der Waals surface area contributed by atoms with Gasteiger partial charge in [-0.25, -0.2) is 49.0 Å². The van der Waals surface area contributed by atoms with Crippen LogP contribution < -0.4 is 69.9 Å². The average Bonchev–Trinajstić information content (AvgIpc) is 0.770. The number of rotatable bonds is 34. The van der Waals surface area contributed by atoms with Gasteiger partial charge >= 0.3 is 18.5 Å². The summed E-state index contributed by atoms with van der Waals surface area (Å²) in [7, 11) is 14.1. The molecule has 0 atom stereocenters. The monoisotopic (exact) mass is 1770 g/mol. The van der Waals surface area contributed by atoms with Crippen molar-refractivity contribution in [2.45, 2.75) is 45.0 Å². The Labute approximate surface area is 727 Å². The smallest absolute Gasteiger partial charge is 0.416 e. The van der Waals surface area contributed by atoms with E-state index in [-0.39, 0.29) is 124 Å². The van der Waals surface area contributed by atoms with Crippen LogP contribution in [0, 0.1) is 6.92 Å². The number of methoxy groups -OCH3 is 1. The number of thioether (sulfide) groups is 1. The van der Waals surface area contributed by atoms with Crippen LogP contribution in [0.4, 0.5) is 109 Å². The number of carbonyl (C=O) groups is 3. The first kappa shape index (κ1) is 90.0. The van der Waals surface area contributed by atoms with E-state index in [2.05, 4.69) is 46.9 Å². The molecule has 0 aliphatic carbocycles. The lowest BCUT2D eigenvalue weighted by atomic mass is 10.1. The van der Waals surface area contributed by atoms with Crippen molar-refractivity contribution < 1.29 is 82.0 Å². The summed E-state index contributed by atoms with van der Waals surface area (Å²) in [6.45, 7) is 6.28. The molecule has 664 valence electrons. The topological polar surface area (TPSA) is 316 Å². The summed E-state index contributed by atoms with van der Waals surface area (Å²) in [6, 6.07) is 23.0. The lowest BCUT2D eigenvalue weighted by Gasteiger charge is -2.30. The number of halogens is 9. The van der Waals surface area contributed by atoms with Gasteiger partial charge in [0.1, 0.15) is 67.5 Å². The lowest BCUT2D eigenvalue weighted by molar-refractivity contribution is -0.665. The molecule has 3 amide bonds. The Bertz CT molecular complexity index is 6050. The molecule has 0 radical (unpaired) electrons. The second-order valence-electron chi connectivity index (χ2n) is 30.9. The number of fused-ring (bicyclic) bond motifs is 3. The number of nitrogens with zero attached hydrogens (tertiary/aromatic N) is 18. The van der Waals surface area contributed by atoms with Crippen molar-refractivity contribution in [3.8, 4) is 17.2 Å². The fourth-order valence-electron chi connectivity index (χ4n) is 13.5. The lowest BCUT2D eigenvalue weighted by Crippen LogP contribution is -2.39. The molecule has 0 bridgehead atoms. The molecular formula is C86H91F9N24O7S+2. The Kier molecular flexibility index (Phi) is 27.7. The summed E-state index contributed by atoms with van der Waals surface area (Å²) in [5.74, 6) is 0.419. The maximum absolute atomic E-state index is 14.9. The molecular weight excluding hydrogens is 1680 g/mol. The van der Waals surface area contributed by atoms with E-state index in [9.17, 15) is 53.9 Å². The highest BCUT2D eigenvalue weighted by Gasteiger charge is 2.36. The van der Waals surface area contributed by atoms with Gasteiger partial charge in [0.2, 0.25) is 17.8 Å². The fraction of sp³-hybridized carbons (Fsp3) is 0.337. The standard InChI is InChI=1S/C86H89F9N24O7S/c1-51-11-12-52(78(120)103-60-34-57(84(87,88)89)37-63(40-60)124-26-19-112(2)3)31-66(51)106-76-73-70(44-97-82(110-73)116-17-10-18-116)118(49-101-76)47-56-16-14-54(80(122)105-62-36-59(86(93,94)95)39-65(42-62)126-28-21-114(6)7)33-68(56)108-77-74-71(45-98-83(111-74)117-23-29-127-30-24-117)119(50-102-77)46-55-15-13-53(79(121)104-61-35-58(85(90,91)92)38-64(41-61)125-27-20-113(4)5)32-67(55)107-75-72-69(99-48-100-75)43-96-81(109-72)115(8)22-25-123-9/h11-16,31-45,48-50H,10,17-30,46-47H2,1-9H3,(H4,99,100,103,104,105,107,120,121,122)/p+2. The third kappa shape index (κ3) is 22.7. The van der Waals surface area contributed by atoms with Crippen LogP contribution in [0.5, 0.6) is 17.2 Å². The van der Waals surface area contributed by atoms with Crippen LogP contribution in [0.25, 0.3) is 33.1 Å². The summed E-state index contributed by atoms with van der Waals surface area (Å²) < 4.78 is 157. The molecule has 2 aliphatic heterocycles. The minimum atomic E-state index is -4.84. The van der Waals surface area contributed by atoms with Crippen LogP contribution >= 0.6 is 11.8 Å². The van der Waals surface area contributed by atoms with Gasteiger partial charge in [-0.3, -0.25) is 14.4 Å². The Morgan fingerprint density at radius 1 is 0.457 bits per heavy atom. The first-order valence-corrected chi connectivity index (χ1v) is 41.3. The van der Waals surface area contributed by atoms with Crippen LogP contribution in [0.3, 0.4) is 0 Å². The number of amides is 3. The number of anilines is 12. The molecule has 2 aliphatic rings. The predicted octanol–water partition coefficient (Wildman–Crippen LogP) is 12.8. The molecule has 31 nitrogen and oxygen atoms in total. The van der Waals surface area contributed by atoms with E-state index in [0.29, 0.717) is 121 Å². The first-order chi connectivity index (χ1) is 60.7. The number of hydrogen-bond donors (Lipinski definition) is 6. The van der Waals surface area contributed by atoms with Crippen molar-refractivity contribution in [1.82, 2.24) is 64.5 Å². The van der Waals surface area contributed by atoms with Crippen molar-refractivity contribution in [2.24, 2.45) is 0 Å². The van der Waals surface area contributed by atoms with Crippen molar-refractivity contribution in [2.75, 3.05) is 193 Å². The summed E-state index contributed by atoms with van der Waals surface area (Å²) in [5.41, 5.74) is 0.859. The molecule has 6 N–H and O–H groups in total. The number of benzene rings is 6. The van der Waals surface area contributed by atoms with E-state index in [1.807, 2.05) is 14.7 Å². The van der Waals surface area contributed by atoms with Crippen molar-refractivity contribution in [3.63, 3.8) is 0 Å². The molecule has 0 saturated carbocycles. The minimum absolute atomic E-state index is 0.00112. The van der Waals surface area contributed by atoms with Crippen molar-refractivity contribution >= 4 is 132 Å². The van der Waals surface area contributed by atoms with E-state index >= 15 is 0 Å². The number of hydrogen-bond acceptors (Lipinski definition) is 27. The minimum Gasteiger partial charge on any atom is -0.492 e. The summed E-state index contributed by atoms with van der Waals surface area (Å²) in [6.07, 6.45) is -4.39. The SMILES string of the molecule is COCCN(C)c1ncc2ncnc(Nc3cc(C(=O)Nc4cc(OCCN(C)C)cc(C(F)(F)F)c4)ccc3C[n+]3cnc(Nc4cc(C(=O)Nc5cc(OCCN(C)C)cc(C(F)(F)F)c5)ccc4C[n+]4cnc(Nc5cc(C(=O)Nc6cc(OCCN(C)C)cc(C(F)(F)F)c6)ccc5C)c5nc(N6CCC6)ncc54)c4nc(N5CCSCC5)ncc43)c2n1. The normalized spacial score (nSPS) is 13.2. The first-order valence-electron chi connectivity index (χ1n) is 40.2. The molecule has 2 fully saturated rings. The number of ether oxygens (including phenoxy) is 4. The Morgan fingerprint density at radius 2 is 0.874 bits per heavy atom. The van der Waals surface area contributed by atoms with Crippen molar-refractivity contribution in [3.05, 3.63) is 197 Å². The highest BCUT2D eigenvalue weighted by Crippen LogP contribution is 2.40. The number of carbonyl (C=O) groups excluding carboxylic acids is 3. The largest absolute Gasteiger partial charge is 0.492 e. The molecule has 6 aromatic carbocycles. The van der Waals surface area contributed by atoms with Gasteiger partial charge in [-0.1, -0.05) is 18.2 Å². The molecule has 8 heterocycles. The highest BCUT2D eigenvalue weighted by molar-refractivity contribution is 7.99. The maximum atomic E-state index is 14.9. The van der Waals surface area contributed by atoms with Gasteiger partial charge in [-0.2, -0.15) is 51.3 Å². The zero-order chi connectivity index (χ0) is 90.0. The highest BCUT2D eigenvalue weighted by atomic mass is 32.2. The molecule has 127 heavy (non-hydrogen) atoms. The number of alkyl halides is 9. The van der Waals surface area contributed by atoms with Gasteiger partial charge in [-0.05, 0) is 144 Å². The molecule has 2 saturated heterocycles. The number of nitrogens with one attached hydrogen (secondary N) is 6. The van der Waals surface area contributed by atoms with Crippen LogP contribution in [0.1, 0.15) is 70.9 Å². The van der Waals surface area contributed by atoms with Gasteiger partial charge in [0, 0.05) is 158 Å². The maximum Gasteiger partial charge on any atom is 0.416 e. The average molecular weight is 1780 g/mol. The van der Waals surface area contributed by atoms with Gasteiger partial charge in [0.15, 0.2) is 27.9 Å². The quantitative estimate of drug-likeness (QED) is 0.0161. The predicted molar refractivity (Wildman–Crippen MR) is 464 cm³/mol. The third-order valence-corrected chi connectivity index (χ3v) is 21.5. The van der Waals surface area contributed by atoms with Crippen LogP contribution in [-0.2, 0) is 36.4 Å². The van der Waals surface area contributed by atoms with E-state index in [4.69, 9.17) is 53.8 Å². The van der Waals surface area contributed by atoms with Crippen molar-refractivity contribution in [1.29, 1.82) is 0 Å². The Balaban J connectivity index is 0.857. The fourth-order valence-corrected chi connectivity index (χ4v) is 14.4. The van der Waals surface area contributed by atoms with Crippen LogP contribution in [0.15, 0.2) is 147 Å². The Hall–Kier alpha value is -13.3. The van der Waals surface area contributed by atoms with Gasteiger partial charge in [0.25, 0.3) is 42.0 Å². The Morgan fingerprint density at radius 3 is 1.29 bits per heavy atom. The summed E-state index contributed by atoms with van der Waals surface area (Å²) >= 11 is 1.77. The molecule has 6 aromatic heterocycles. The molecule has 0 unspecified atom stereocenters. The van der Waals surface area contributed by atoms with Crippen LogP contribution in [0.2, 0.25) is 0 Å². The van der Waals surface area contributed by atoms with Crippen LogP contribution in [-0.4, -0.2) is 229 Å². The number of aryl methyl sites for hydroxylation is 1. The van der Waals surface area contributed by atoms with Gasteiger partial charge in [0.05, 0.1) is 41.9 Å². The second-order valence-corrected chi connectivity index (χ2v) is 32.2. The van der Waals surface area contributed by atoms with E-state index in [1.165, 1.54) is 79.8 Å². The molecule has 0 spiro atoms. The third-order valence-electron chi connectivity index (χ3n) is 20.6. The summed E-state index contributed by atoms with van der Waals surface area (Å²) in [5, 5.41) is 18.2. The second kappa shape index (κ2) is 39.1. The van der Waals surface area contributed by atoms with E-state index in [1.54, 1.807) is 130 Å². The van der Waals surface area contributed by atoms with E-state index in [0.717, 1.165) is 54.3 Å². The molecule has 41 heteroatoms. The van der Waals surface area contributed by atoms with E-state index < -0.39 is 52.9 Å². The zero-order valence-corrected chi connectivity index (χ0v) is 71.4. The van der Waals surface area contributed by atoms with Gasteiger partial charge in [-0.15, -0.1) is 0 Å². The summed E-state index contributed by atoms with van der Waals surface area (Å²) in [4.78, 5) is 103. The zero-order valence-electron chi connectivity index (χ0n) is 70.6. The number of aromatic nitrogens is 12. The molecule has 12 aromatic rings. The molecule has 14 rings (SSSR count).